The predicted molar refractivity (Wildman–Crippen MR) is 88.0 cm³/mol. The highest BCUT2D eigenvalue weighted by Gasteiger charge is 2.16. The Bertz CT molecular complexity index is 638. The lowest BCUT2D eigenvalue weighted by Gasteiger charge is -2.10. The van der Waals surface area contributed by atoms with Crippen LogP contribution >= 0.6 is 38.5 Å². The van der Waals surface area contributed by atoms with E-state index < -0.39 is 0 Å². The van der Waals surface area contributed by atoms with Crippen LogP contribution in [0.2, 0.25) is 0 Å². The van der Waals surface area contributed by atoms with Gasteiger partial charge in [-0.1, -0.05) is 28.1 Å². The van der Waals surface area contributed by atoms with E-state index in [1.165, 1.54) is 0 Å². The van der Waals surface area contributed by atoms with Gasteiger partial charge in [-0.2, -0.15) is 0 Å². The lowest BCUT2D eigenvalue weighted by molar-refractivity contribution is 0.103. The van der Waals surface area contributed by atoms with Crippen LogP contribution in [0, 0.1) is 10.5 Å². The molecule has 0 fully saturated rings. The molecule has 0 bridgehead atoms. The van der Waals surface area contributed by atoms with Gasteiger partial charge in [-0.15, -0.1) is 0 Å². The monoisotopic (exact) mass is 430 g/mol. The minimum absolute atomic E-state index is 0.0314. The lowest BCUT2D eigenvalue weighted by atomic mass is 10.0. The first-order valence-electron chi connectivity index (χ1n) is 5.67. The third kappa shape index (κ3) is 3.17. The first-order valence-corrected chi connectivity index (χ1v) is 7.54. The normalized spacial score (nSPS) is 10.3. The molecule has 0 aliphatic heterocycles. The first kappa shape index (κ1) is 14.5. The molecule has 0 aliphatic carbocycles. The summed E-state index contributed by atoms with van der Waals surface area (Å²) in [5, 5.41) is 0. The average Bonchev–Trinajstić information content (AvgIpc) is 2.40. The van der Waals surface area contributed by atoms with Crippen molar-refractivity contribution in [3.05, 3.63) is 61.1 Å². The van der Waals surface area contributed by atoms with Gasteiger partial charge in [-0.25, -0.2) is 0 Å². The van der Waals surface area contributed by atoms with Crippen molar-refractivity contribution < 1.29 is 9.53 Å². The van der Waals surface area contributed by atoms with Crippen molar-refractivity contribution in [1.29, 1.82) is 0 Å². The van der Waals surface area contributed by atoms with Crippen LogP contribution in [0.4, 0.5) is 0 Å². The van der Waals surface area contributed by atoms with Gasteiger partial charge in [0.15, 0.2) is 5.78 Å². The largest absolute Gasteiger partial charge is 0.496 e. The van der Waals surface area contributed by atoms with E-state index in [-0.39, 0.29) is 5.78 Å². The van der Waals surface area contributed by atoms with Gasteiger partial charge in [-0.3, -0.25) is 4.79 Å². The number of hydrogen-bond donors (Lipinski definition) is 0. The van der Waals surface area contributed by atoms with Gasteiger partial charge in [0, 0.05) is 13.6 Å². The summed E-state index contributed by atoms with van der Waals surface area (Å²) in [7, 11) is 1.58. The van der Waals surface area contributed by atoms with Gasteiger partial charge in [-0.05, 0) is 59.3 Å². The van der Waals surface area contributed by atoms with Crippen LogP contribution in [-0.4, -0.2) is 12.9 Å². The second-order valence-corrected chi connectivity index (χ2v) is 6.24. The Balaban J connectivity index is 2.52. The fraction of sp³-hybridized carbons (Fsp3) is 0.133. The molecule has 0 N–H and O–H groups in total. The SMILES string of the molecule is COc1cc(C)c(Br)cc1C(=O)c1cccc(I)c1. The molecule has 2 aromatic carbocycles. The highest BCUT2D eigenvalue weighted by molar-refractivity contribution is 14.1. The highest BCUT2D eigenvalue weighted by atomic mass is 127. The fourth-order valence-corrected chi connectivity index (χ4v) is 2.67. The summed E-state index contributed by atoms with van der Waals surface area (Å²) < 4.78 is 7.25. The molecule has 0 spiro atoms. The first-order chi connectivity index (χ1) is 9.02. The third-order valence-corrected chi connectivity index (χ3v) is 4.34. The van der Waals surface area contributed by atoms with Crippen LogP contribution in [0.3, 0.4) is 0 Å². The van der Waals surface area contributed by atoms with E-state index in [0.29, 0.717) is 16.9 Å². The van der Waals surface area contributed by atoms with Crippen molar-refractivity contribution in [2.75, 3.05) is 7.11 Å². The smallest absolute Gasteiger partial charge is 0.196 e. The van der Waals surface area contributed by atoms with Crippen LogP contribution in [0.5, 0.6) is 5.75 Å². The Kier molecular flexibility index (Phi) is 4.62. The van der Waals surface area contributed by atoms with Crippen LogP contribution in [0.25, 0.3) is 0 Å². The van der Waals surface area contributed by atoms with Crippen LogP contribution in [0.15, 0.2) is 40.9 Å². The molecule has 98 valence electrons. The number of hydrogen-bond acceptors (Lipinski definition) is 2. The van der Waals surface area contributed by atoms with Crippen LogP contribution in [-0.2, 0) is 0 Å². The van der Waals surface area contributed by atoms with E-state index in [1.807, 2.05) is 43.3 Å². The van der Waals surface area contributed by atoms with Crippen molar-refractivity contribution in [3.63, 3.8) is 0 Å². The standard InChI is InChI=1S/C15H12BrIO2/c1-9-6-14(19-2)12(8-13(9)16)15(18)10-4-3-5-11(17)7-10/h3-8H,1-2H3. The zero-order valence-electron chi connectivity index (χ0n) is 10.5. The molecular weight excluding hydrogens is 419 g/mol. The van der Waals surface area contributed by atoms with Gasteiger partial charge in [0.2, 0.25) is 0 Å². The second-order valence-electron chi connectivity index (χ2n) is 4.14. The molecule has 0 aliphatic rings. The Hall–Kier alpha value is -0.880. The molecule has 2 aromatic rings. The molecular formula is C15H12BrIO2. The number of rotatable bonds is 3. The van der Waals surface area contributed by atoms with Gasteiger partial charge in [0.25, 0.3) is 0 Å². The van der Waals surface area contributed by atoms with E-state index in [0.717, 1.165) is 13.6 Å². The summed E-state index contributed by atoms with van der Waals surface area (Å²) >= 11 is 5.65. The summed E-state index contributed by atoms with van der Waals surface area (Å²) in [5.74, 6) is 0.570. The quantitative estimate of drug-likeness (QED) is 0.525. The van der Waals surface area contributed by atoms with Crippen molar-refractivity contribution in [1.82, 2.24) is 0 Å². The molecule has 2 nitrogen and oxygen atoms in total. The molecule has 0 aromatic heterocycles. The minimum Gasteiger partial charge on any atom is -0.496 e. The van der Waals surface area contributed by atoms with E-state index in [9.17, 15) is 4.79 Å². The summed E-state index contributed by atoms with van der Waals surface area (Å²) in [6.45, 7) is 1.96. The zero-order valence-corrected chi connectivity index (χ0v) is 14.3. The van der Waals surface area contributed by atoms with Crippen molar-refractivity contribution in [2.24, 2.45) is 0 Å². The number of carbonyl (C=O) groups is 1. The fourth-order valence-electron chi connectivity index (χ4n) is 1.79. The molecule has 2 rings (SSSR count). The summed E-state index contributed by atoms with van der Waals surface area (Å²) in [5.41, 5.74) is 2.28. The Morgan fingerprint density at radius 3 is 2.63 bits per heavy atom. The summed E-state index contributed by atoms with van der Waals surface area (Å²) in [6, 6.07) is 11.2. The molecule has 0 saturated heterocycles. The van der Waals surface area contributed by atoms with E-state index in [2.05, 4.69) is 38.5 Å². The maximum atomic E-state index is 12.5. The molecule has 0 radical (unpaired) electrons. The maximum absolute atomic E-state index is 12.5. The van der Waals surface area contributed by atoms with Gasteiger partial charge >= 0.3 is 0 Å². The summed E-state index contributed by atoms with van der Waals surface area (Å²) in [4.78, 5) is 12.5. The van der Waals surface area contributed by atoms with E-state index in [4.69, 9.17) is 4.74 Å². The van der Waals surface area contributed by atoms with E-state index in [1.54, 1.807) is 7.11 Å². The number of carbonyl (C=O) groups excluding carboxylic acids is 1. The lowest BCUT2D eigenvalue weighted by Crippen LogP contribution is -2.05. The number of aryl methyl sites for hydroxylation is 1. The zero-order chi connectivity index (χ0) is 14.0. The number of halogens is 2. The second kappa shape index (κ2) is 6.05. The molecule has 0 atom stereocenters. The topological polar surface area (TPSA) is 26.3 Å². The Labute approximate surface area is 134 Å². The number of ether oxygens (including phenoxy) is 1. The number of methoxy groups -OCH3 is 1. The molecule has 0 unspecified atom stereocenters. The molecule has 0 amide bonds. The third-order valence-electron chi connectivity index (χ3n) is 2.81. The van der Waals surface area contributed by atoms with Crippen molar-refractivity contribution in [3.8, 4) is 5.75 Å². The number of benzene rings is 2. The molecule has 19 heavy (non-hydrogen) atoms. The molecule has 0 heterocycles. The van der Waals surface area contributed by atoms with Gasteiger partial charge in [0.1, 0.15) is 5.75 Å². The maximum Gasteiger partial charge on any atom is 0.196 e. The van der Waals surface area contributed by atoms with Gasteiger partial charge < -0.3 is 4.74 Å². The average molecular weight is 431 g/mol. The van der Waals surface area contributed by atoms with E-state index >= 15 is 0 Å². The Morgan fingerprint density at radius 2 is 2.00 bits per heavy atom. The van der Waals surface area contributed by atoms with Gasteiger partial charge in [0.05, 0.1) is 12.7 Å². The van der Waals surface area contributed by atoms with Crippen LogP contribution < -0.4 is 4.74 Å². The predicted octanol–water partition coefficient (Wildman–Crippen LogP) is 4.60. The van der Waals surface area contributed by atoms with Crippen molar-refractivity contribution in [2.45, 2.75) is 6.92 Å². The molecule has 4 heteroatoms. The molecule has 0 saturated carbocycles. The van der Waals surface area contributed by atoms with Crippen molar-refractivity contribution >= 4 is 44.3 Å². The summed E-state index contributed by atoms with van der Waals surface area (Å²) in [6.07, 6.45) is 0. The number of ketones is 1. The highest BCUT2D eigenvalue weighted by Crippen LogP contribution is 2.29. The minimum atomic E-state index is -0.0314. The van der Waals surface area contributed by atoms with Crippen LogP contribution in [0.1, 0.15) is 21.5 Å². The Morgan fingerprint density at radius 1 is 1.26 bits per heavy atom.